The Balaban J connectivity index is 1.48. The van der Waals surface area contributed by atoms with Crippen molar-refractivity contribution < 1.29 is 9.59 Å². The first-order chi connectivity index (χ1) is 14.0. The van der Waals surface area contributed by atoms with Crippen LogP contribution in [0, 0.1) is 5.92 Å². The van der Waals surface area contributed by atoms with Crippen LogP contribution in [-0.2, 0) is 11.3 Å². The molecule has 4 rings (SSSR count). The van der Waals surface area contributed by atoms with Gasteiger partial charge in [0.25, 0.3) is 0 Å². The summed E-state index contributed by atoms with van der Waals surface area (Å²) in [5.74, 6) is 0.475. The summed E-state index contributed by atoms with van der Waals surface area (Å²) in [6.07, 6.45) is 5.15. The third-order valence-corrected chi connectivity index (χ3v) is 5.62. The van der Waals surface area contributed by atoms with Gasteiger partial charge in [-0.1, -0.05) is 13.8 Å². The van der Waals surface area contributed by atoms with Gasteiger partial charge in [0.1, 0.15) is 0 Å². The molecule has 0 aromatic carbocycles. The first kappa shape index (κ1) is 19.8. The minimum Gasteiger partial charge on any atom is -0.302 e. The van der Waals surface area contributed by atoms with Crippen LogP contribution in [0.3, 0.4) is 0 Å². The average molecular weight is 399 g/mol. The summed E-state index contributed by atoms with van der Waals surface area (Å²) in [6, 6.07) is 3.84. The van der Waals surface area contributed by atoms with Crippen LogP contribution in [-0.4, -0.2) is 70.6 Å². The molecule has 8 nitrogen and oxygen atoms in total. The van der Waals surface area contributed by atoms with Crippen LogP contribution in [0.25, 0.3) is 5.52 Å². The van der Waals surface area contributed by atoms with Gasteiger partial charge in [0.05, 0.1) is 17.4 Å². The first-order valence-corrected chi connectivity index (χ1v) is 10.5. The van der Waals surface area contributed by atoms with Crippen molar-refractivity contribution in [2.45, 2.75) is 33.2 Å². The molecule has 156 valence electrons. The third-order valence-electron chi connectivity index (χ3n) is 5.62. The summed E-state index contributed by atoms with van der Waals surface area (Å²) < 4.78 is 1.79. The molecule has 0 saturated carbocycles. The third kappa shape index (κ3) is 4.59. The lowest BCUT2D eigenvalue weighted by molar-refractivity contribution is -0.120. The van der Waals surface area contributed by atoms with Crippen LogP contribution in [0.1, 0.15) is 32.3 Å². The number of urea groups is 1. The Bertz CT molecular complexity index is 892. The molecule has 0 bridgehead atoms. The van der Waals surface area contributed by atoms with E-state index in [-0.39, 0.29) is 11.9 Å². The predicted molar refractivity (Wildman–Crippen MR) is 112 cm³/mol. The summed E-state index contributed by atoms with van der Waals surface area (Å²) in [5.41, 5.74) is 2.85. The van der Waals surface area contributed by atoms with Crippen molar-refractivity contribution in [3.05, 3.63) is 30.1 Å². The zero-order valence-electron chi connectivity index (χ0n) is 17.3. The highest BCUT2D eigenvalue weighted by Gasteiger charge is 2.26. The van der Waals surface area contributed by atoms with Crippen molar-refractivity contribution in [2.24, 2.45) is 5.92 Å². The van der Waals surface area contributed by atoms with Gasteiger partial charge >= 0.3 is 6.03 Å². The molecule has 3 amide bonds. The maximum absolute atomic E-state index is 12.2. The molecule has 0 unspecified atom stereocenters. The number of carbonyl (C=O) groups is 2. The van der Waals surface area contributed by atoms with E-state index in [9.17, 15) is 9.59 Å². The van der Waals surface area contributed by atoms with Crippen LogP contribution in [0.15, 0.2) is 24.5 Å². The van der Waals surface area contributed by atoms with Crippen molar-refractivity contribution in [3.63, 3.8) is 0 Å². The lowest BCUT2D eigenvalue weighted by Crippen LogP contribution is -2.49. The van der Waals surface area contributed by atoms with Crippen LogP contribution in [0.2, 0.25) is 0 Å². The number of anilines is 1. The van der Waals surface area contributed by atoms with Crippen LogP contribution in [0.4, 0.5) is 10.5 Å². The average Bonchev–Trinajstić information content (AvgIpc) is 2.96. The van der Waals surface area contributed by atoms with E-state index in [2.05, 4.69) is 46.2 Å². The molecular formula is C21H30N6O2. The number of aromatic nitrogens is 2. The fourth-order valence-electron chi connectivity index (χ4n) is 4.25. The van der Waals surface area contributed by atoms with Crippen molar-refractivity contribution in [1.29, 1.82) is 0 Å². The topological polar surface area (TPSA) is 73.2 Å². The Hall–Kier alpha value is -2.45. The first-order valence-electron chi connectivity index (χ1n) is 10.5. The van der Waals surface area contributed by atoms with E-state index >= 15 is 0 Å². The van der Waals surface area contributed by atoms with Crippen molar-refractivity contribution in [1.82, 2.24) is 24.7 Å². The normalized spacial score (nSPS) is 19.8. The van der Waals surface area contributed by atoms with E-state index in [1.54, 1.807) is 15.6 Å². The molecule has 2 aliphatic heterocycles. The molecule has 2 aromatic heterocycles. The highest BCUT2D eigenvalue weighted by Crippen LogP contribution is 2.24. The second kappa shape index (κ2) is 8.51. The van der Waals surface area contributed by atoms with Gasteiger partial charge in [-0.15, -0.1) is 0 Å². The molecule has 4 heterocycles. The minimum atomic E-state index is -0.376. The minimum absolute atomic E-state index is 0.226. The van der Waals surface area contributed by atoms with Crippen LogP contribution in [0.5, 0.6) is 0 Å². The summed E-state index contributed by atoms with van der Waals surface area (Å²) >= 11 is 0. The van der Waals surface area contributed by atoms with Gasteiger partial charge in [0.2, 0.25) is 5.91 Å². The summed E-state index contributed by atoms with van der Waals surface area (Å²) in [6.45, 7) is 11.4. The number of amides is 3. The summed E-state index contributed by atoms with van der Waals surface area (Å²) in [7, 11) is 0. The van der Waals surface area contributed by atoms with E-state index in [1.165, 1.54) is 25.1 Å². The molecular weight excluding hydrogens is 368 g/mol. The number of fused-ring (bicyclic) bond motifs is 1. The Morgan fingerprint density at radius 1 is 1.10 bits per heavy atom. The van der Waals surface area contributed by atoms with Gasteiger partial charge in [-0.3, -0.25) is 19.9 Å². The number of carbonyl (C=O) groups excluding carboxylic acids is 2. The highest BCUT2D eigenvalue weighted by atomic mass is 16.2. The maximum atomic E-state index is 12.2. The van der Waals surface area contributed by atoms with Crippen molar-refractivity contribution >= 4 is 23.1 Å². The molecule has 2 aromatic rings. The SMILES string of the molecule is CC(C)CN1CCCN(Cc2ccn3ncc(N4CCC(=O)NC4=O)c3c2)CC1. The Morgan fingerprint density at radius 2 is 1.90 bits per heavy atom. The molecule has 0 atom stereocenters. The molecule has 1 N–H and O–H groups in total. The number of imide groups is 1. The van der Waals surface area contributed by atoms with Crippen LogP contribution >= 0.6 is 0 Å². The molecule has 0 spiro atoms. The smallest absolute Gasteiger partial charge is 0.302 e. The number of hydrogen-bond donors (Lipinski definition) is 1. The summed E-state index contributed by atoms with van der Waals surface area (Å²) in [4.78, 5) is 30.4. The Kier molecular flexibility index (Phi) is 5.82. The molecule has 2 fully saturated rings. The number of hydrogen-bond acceptors (Lipinski definition) is 5. The van der Waals surface area contributed by atoms with E-state index in [0.717, 1.165) is 37.4 Å². The predicted octanol–water partition coefficient (Wildman–Crippen LogP) is 1.94. The lowest BCUT2D eigenvalue weighted by atomic mass is 10.2. The summed E-state index contributed by atoms with van der Waals surface area (Å²) in [5, 5.41) is 6.76. The van der Waals surface area contributed by atoms with Gasteiger partial charge in [-0.25, -0.2) is 9.31 Å². The number of nitrogens with zero attached hydrogens (tertiary/aromatic N) is 5. The van der Waals surface area contributed by atoms with Gasteiger partial charge in [0, 0.05) is 45.3 Å². The molecule has 29 heavy (non-hydrogen) atoms. The van der Waals surface area contributed by atoms with Gasteiger partial charge < -0.3 is 4.90 Å². The van der Waals surface area contributed by atoms with Crippen LogP contribution < -0.4 is 10.2 Å². The largest absolute Gasteiger partial charge is 0.328 e. The van der Waals surface area contributed by atoms with Gasteiger partial charge in [0.15, 0.2) is 0 Å². The van der Waals surface area contributed by atoms with E-state index < -0.39 is 0 Å². The number of nitrogens with one attached hydrogen (secondary N) is 1. The van der Waals surface area contributed by atoms with E-state index in [4.69, 9.17) is 0 Å². The zero-order valence-corrected chi connectivity index (χ0v) is 17.3. The molecule has 2 saturated heterocycles. The Labute approximate surface area is 171 Å². The molecule has 0 aliphatic carbocycles. The second-order valence-electron chi connectivity index (χ2n) is 8.47. The monoisotopic (exact) mass is 398 g/mol. The van der Waals surface area contributed by atoms with Crippen molar-refractivity contribution in [3.8, 4) is 0 Å². The second-order valence-corrected chi connectivity index (χ2v) is 8.47. The van der Waals surface area contributed by atoms with Crippen molar-refractivity contribution in [2.75, 3.05) is 44.2 Å². The quantitative estimate of drug-likeness (QED) is 0.833. The van der Waals surface area contributed by atoms with Gasteiger partial charge in [-0.2, -0.15) is 5.10 Å². The maximum Gasteiger partial charge on any atom is 0.328 e. The highest BCUT2D eigenvalue weighted by molar-refractivity contribution is 6.07. The molecule has 0 radical (unpaired) electrons. The van der Waals surface area contributed by atoms with Gasteiger partial charge in [-0.05, 0) is 43.1 Å². The number of pyridine rings is 1. The fraction of sp³-hybridized carbons (Fsp3) is 0.571. The molecule has 8 heteroatoms. The number of rotatable bonds is 5. The zero-order chi connectivity index (χ0) is 20.4. The molecule has 2 aliphatic rings. The fourth-order valence-corrected chi connectivity index (χ4v) is 4.25. The standard InChI is InChI=1S/C21H30N6O2/c1-16(2)14-24-6-3-7-25(11-10-24)15-17-4-9-27-18(12-17)19(13-22-27)26-8-5-20(28)23-21(26)29/h4,9,12-13,16H,3,5-8,10-11,14-15H2,1-2H3,(H,23,28,29). The van der Waals surface area contributed by atoms with E-state index in [1.807, 2.05) is 6.20 Å². The Morgan fingerprint density at radius 3 is 2.69 bits per heavy atom. The lowest BCUT2D eigenvalue weighted by Gasteiger charge is -2.25. The van der Waals surface area contributed by atoms with E-state index in [0.29, 0.717) is 18.9 Å².